The SMILES string of the molecule is N#Cc1ccc(F)c(C(=O)NC23C=NC=C(Oc4cncnc4)C2C3)c1. The third-order valence-corrected chi connectivity index (χ3v) is 4.31. The number of halogens is 1. The Morgan fingerprint density at radius 2 is 2.19 bits per heavy atom. The first-order valence-electron chi connectivity index (χ1n) is 7.81. The molecule has 26 heavy (non-hydrogen) atoms. The molecule has 8 heteroatoms. The van der Waals surface area contributed by atoms with Crippen molar-refractivity contribution in [2.24, 2.45) is 10.9 Å². The second-order valence-electron chi connectivity index (χ2n) is 6.04. The van der Waals surface area contributed by atoms with Crippen LogP contribution in [0.1, 0.15) is 22.3 Å². The van der Waals surface area contributed by atoms with Gasteiger partial charge < -0.3 is 10.1 Å². The lowest BCUT2D eigenvalue weighted by atomic mass is 10.1. The van der Waals surface area contributed by atoms with E-state index in [1.807, 2.05) is 6.07 Å². The fourth-order valence-corrected chi connectivity index (χ4v) is 2.90. The number of hydrogen-bond donors (Lipinski definition) is 1. The lowest BCUT2D eigenvalue weighted by Gasteiger charge is -2.19. The number of hydrogen-bond acceptors (Lipinski definition) is 6. The summed E-state index contributed by atoms with van der Waals surface area (Å²) in [7, 11) is 0. The molecule has 1 saturated carbocycles. The van der Waals surface area contributed by atoms with Crippen molar-refractivity contribution in [3.8, 4) is 11.8 Å². The predicted molar refractivity (Wildman–Crippen MR) is 88.7 cm³/mol. The van der Waals surface area contributed by atoms with Crippen molar-refractivity contribution in [3.05, 3.63) is 65.8 Å². The highest BCUT2D eigenvalue weighted by atomic mass is 19.1. The van der Waals surface area contributed by atoms with Crippen LogP contribution in [-0.4, -0.2) is 27.6 Å². The molecule has 1 aliphatic heterocycles. The molecular weight excluding hydrogens is 337 g/mol. The lowest BCUT2D eigenvalue weighted by molar-refractivity contribution is 0.0937. The molecule has 2 atom stereocenters. The van der Waals surface area contributed by atoms with Gasteiger partial charge in [-0.25, -0.2) is 14.4 Å². The number of fused-ring (bicyclic) bond motifs is 1. The Bertz CT molecular complexity index is 983. The van der Waals surface area contributed by atoms with E-state index in [0.717, 1.165) is 6.07 Å². The highest BCUT2D eigenvalue weighted by Crippen LogP contribution is 2.49. The molecule has 1 aromatic carbocycles. The maximum Gasteiger partial charge on any atom is 0.255 e. The summed E-state index contributed by atoms with van der Waals surface area (Å²) in [5.41, 5.74) is -0.677. The van der Waals surface area contributed by atoms with Crippen molar-refractivity contribution in [3.63, 3.8) is 0 Å². The fourth-order valence-electron chi connectivity index (χ4n) is 2.90. The minimum absolute atomic E-state index is 0.105. The van der Waals surface area contributed by atoms with Gasteiger partial charge in [0, 0.05) is 12.1 Å². The molecule has 128 valence electrons. The van der Waals surface area contributed by atoms with Gasteiger partial charge in [0.2, 0.25) is 0 Å². The van der Waals surface area contributed by atoms with Crippen molar-refractivity contribution in [1.29, 1.82) is 5.26 Å². The Labute approximate surface area is 147 Å². The molecule has 2 aliphatic rings. The van der Waals surface area contributed by atoms with Gasteiger partial charge in [-0.05, 0) is 24.6 Å². The maximum atomic E-state index is 14.0. The number of ether oxygens (including phenoxy) is 1. The lowest BCUT2D eigenvalue weighted by Crippen LogP contribution is -2.41. The molecule has 2 aromatic rings. The van der Waals surface area contributed by atoms with Gasteiger partial charge >= 0.3 is 0 Å². The van der Waals surface area contributed by atoms with Gasteiger partial charge in [-0.1, -0.05) is 0 Å². The van der Waals surface area contributed by atoms with Gasteiger partial charge in [-0.3, -0.25) is 9.79 Å². The van der Waals surface area contributed by atoms with Crippen LogP contribution in [-0.2, 0) is 0 Å². The summed E-state index contributed by atoms with van der Waals surface area (Å²) >= 11 is 0. The molecule has 2 heterocycles. The minimum Gasteiger partial charge on any atom is -0.456 e. The van der Waals surface area contributed by atoms with Gasteiger partial charge in [0.25, 0.3) is 5.91 Å². The van der Waals surface area contributed by atoms with Gasteiger partial charge in [0.15, 0.2) is 5.75 Å². The number of carbonyl (C=O) groups excluding carboxylic acids is 1. The summed E-state index contributed by atoms with van der Waals surface area (Å²) in [5.74, 6) is -0.343. The number of carbonyl (C=O) groups is 1. The second-order valence-corrected chi connectivity index (χ2v) is 6.04. The van der Waals surface area contributed by atoms with Crippen LogP contribution in [0.5, 0.6) is 5.75 Å². The number of aliphatic imine (C=N–C) groups is 1. The van der Waals surface area contributed by atoms with Crippen LogP contribution < -0.4 is 10.1 Å². The summed E-state index contributed by atoms with van der Waals surface area (Å²) in [6, 6.07) is 5.55. The number of benzene rings is 1. The van der Waals surface area contributed by atoms with Crippen molar-refractivity contribution in [1.82, 2.24) is 15.3 Å². The van der Waals surface area contributed by atoms with Gasteiger partial charge in [0.1, 0.15) is 17.9 Å². The highest BCUT2D eigenvalue weighted by molar-refractivity contribution is 5.98. The van der Waals surface area contributed by atoms with E-state index < -0.39 is 17.3 Å². The topological polar surface area (TPSA) is 100 Å². The summed E-state index contributed by atoms with van der Waals surface area (Å²) < 4.78 is 19.7. The largest absolute Gasteiger partial charge is 0.456 e. The first kappa shape index (κ1) is 15.9. The number of rotatable bonds is 4. The molecule has 1 N–H and O–H groups in total. The standard InChI is InChI=1S/C18H12FN5O2/c19-15-2-1-11(5-20)3-13(15)17(25)24-18-4-14(18)16(8-21-9-18)26-12-6-22-10-23-7-12/h1-3,6-10,14H,4H2,(H,24,25). The van der Waals surface area contributed by atoms with E-state index in [2.05, 4.69) is 20.3 Å². The molecule has 1 amide bonds. The van der Waals surface area contributed by atoms with E-state index >= 15 is 0 Å². The van der Waals surface area contributed by atoms with Crippen molar-refractivity contribution in [2.45, 2.75) is 12.0 Å². The van der Waals surface area contributed by atoms with E-state index in [0.29, 0.717) is 17.9 Å². The summed E-state index contributed by atoms with van der Waals surface area (Å²) in [5, 5.41) is 11.7. The van der Waals surface area contributed by atoms with Gasteiger partial charge in [-0.15, -0.1) is 0 Å². The molecule has 1 aromatic heterocycles. The average Bonchev–Trinajstić information content (AvgIpc) is 3.38. The molecular formula is C18H12FN5O2. The van der Waals surface area contributed by atoms with Crippen molar-refractivity contribution >= 4 is 12.1 Å². The van der Waals surface area contributed by atoms with Crippen LogP contribution in [0.25, 0.3) is 0 Å². The molecule has 0 spiro atoms. The zero-order chi connectivity index (χ0) is 18.1. The zero-order valence-corrected chi connectivity index (χ0v) is 13.4. The van der Waals surface area contributed by atoms with Crippen LogP contribution in [0.15, 0.2) is 53.9 Å². The quantitative estimate of drug-likeness (QED) is 0.910. The highest BCUT2D eigenvalue weighted by Gasteiger charge is 2.58. The first-order chi connectivity index (χ1) is 12.6. The van der Waals surface area contributed by atoms with Crippen LogP contribution >= 0.6 is 0 Å². The molecule has 0 radical (unpaired) electrons. The zero-order valence-electron chi connectivity index (χ0n) is 13.4. The normalized spacial score (nSPS) is 22.6. The van der Waals surface area contributed by atoms with Crippen LogP contribution in [0.2, 0.25) is 0 Å². The Balaban J connectivity index is 1.51. The molecule has 7 nitrogen and oxygen atoms in total. The van der Waals surface area contributed by atoms with E-state index in [1.54, 1.807) is 12.4 Å². The monoisotopic (exact) mass is 349 g/mol. The van der Waals surface area contributed by atoms with Crippen molar-refractivity contribution in [2.75, 3.05) is 0 Å². The first-order valence-corrected chi connectivity index (χ1v) is 7.81. The van der Waals surface area contributed by atoms with E-state index in [-0.39, 0.29) is 17.0 Å². The van der Waals surface area contributed by atoms with Crippen LogP contribution in [0.4, 0.5) is 4.39 Å². The second kappa shape index (κ2) is 6.04. The number of nitrogens with zero attached hydrogens (tertiary/aromatic N) is 4. The van der Waals surface area contributed by atoms with Gasteiger partial charge in [-0.2, -0.15) is 5.26 Å². The molecule has 1 aliphatic carbocycles. The third kappa shape index (κ3) is 2.80. The van der Waals surface area contributed by atoms with Crippen LogP contribution in [0.3, 0.4) is 0 Å². The minimum atomic E-state index is -0.716. The molecule has 2 unspecified atom stereocenters. The summed E-state index contributed by atoms with van der Waals surface area (Å²) in [6.07, 6.45) is 8.23. The smallest absolute Gasteiger partial charge is 0.255 e. The Kier molecular flexibility index (Phi) is 3.69. The maximum absolute atomic E-state index is 14.0. The molecule has 0 saturated heterocycles. The third-order valence-electron chi connectivity index (χ3n) is 4.31. The van der Waals surface area contributed by atoms with Crippen molar-refractivity contribution < 1.29 is 13.9 Å². The summed E-state index contributed by atoms with van der Waals surface area (Å²) in [4.78, 5) is 24.4. The Morgan fingerprint density at radius 1 is 1.38 bits per heavy atom. The average molecular weight is 349 g/mol. The fraction of sp³-hybridized carbons (Fsp3) is 0.167. The molecule has 4 rings (SSSR count). The number of aromatic nitrogens is 2. The van der Waals surface area contributed by atoms with E-state index in [1.165, 1.54) is 30.9 Å². The van der Waals surface area contributed by atoms with E-state index in [9.17, 15) is 9.18 Å². The number of nitrogens with one attached hydrogen (secondary N) is 1. The Morgan fingerprint density at radius 3 is 2.96 bits per heavy atom. The van der Waals surface area contributed by atoms with Crippen LogP contribution in [0, 0.1) is 23.1 Å². The van der Waals surface area contributed by atoms with Gasteiger partial charge in [0.05, 0.1) is 41.3 Å². The number of nitriles is 1. The predicted octanol–water partition coefficient (Wildman–Crippen LogP) is 1.98. The summed E-state index contributed by atoms with van der Waals surface area (Å²) in [6.45, 7) is 0. The molecule has 1 fully saturated rings. The molecule has 0 bridgehead atoms. The number of amides is 1. The van der Waals surface area contributed by atoms with E-state index in [4.69, 9.17) is 10.00 Å². The Hall–Kier alpha value is -3.60.